The van der Waals surface area contributed by atoms with Crippen LogP contribution in [-0.4, -0.2) is 25.5 Å². The van der Waals surface area contributed by atoms with E-state index in [-0.39, 0.29) is 0 Å². The van der Waals surface area contributed by atoms with E-state index in [4.69, 9.17) is 5.21 Å². The van der Waals surface area contributed by atoms with Crippen molar-refractivity contribution in [2.45, 2.75) is 0 Å². The van der Waals surface area contributed by atoms with Crippen molar-refractivity contribution in [3.63, 3.8) is 0 Å². The summed E-state index contributed by atoms with van der Waals surface area (Å²) in [5.74, 6) is 0. The topological polar surface area (TPSA) is 25.2 Å². The van der Waals surface area contributed by atoms with Crippen LogP contribution in [0, 0.1) is 4.19 Å². The first-order chi connectivity index (χ1) is 3.80. The van der Waals surface area contributed by atoms with E-state index in [0.29, 0.717) is 4.19 Å². The molecule has 0 amide bonds. The van der Waals surface area contributed by atoms with Gasteiger partial charge in [-0.15, -0.1) is 0 Å². The standard InChI is InChI=1S/C5H5NOSe/c7-6-4-2-1-3-5(6)8/h1-4,7H. The van der Waals surface area contributed by atoms with E-state index in [1.54, 1.807) is 18.3 Å². The van der Waals surface area contributed by atoms with E-state index < -0.39 is 0 Å². The van der Waals surface area contributed by atoms with Gasteiger partial charge in [-0.05, 0) is 0 Å². The predicted octanol–water partition coefficient (Wildman–Crippen LogP) is 0.426. The van der Waals surface area contributed by atoms with Crippen LogP contribution in [0.3, 0.4) is 0 Å². The number of hydrogen-bond donors (Lipinski definition) is 1. The molecule has 0 saturated heterocycles. The first-order valence-corrected chi connectivity index (χ1v) is 3.03. The van der Waals surface area contributed by atoms with Crippen LogP contribution >= 0.6 is 0 Å². The van der Waals surface area contributed by atoms with Crippen LogP contribution in [0.2, 0.25) is 0 Å². The number of pyridine rings is 1. The molecule has 1 rings (SSSR count). The Kier molecular flexibility index (Phi) is 1.51. The minimum atomic E-state index is 0.715. The Morgan fingerprint density at radius 2 is 2.25 bits per heavy atom. The van der Waals surface area contributed by atoms with E-state index in [2.05, 4.69) is 15.6 Å². The Labute approximate surface area is 54.7 Å². The van der Waals surface area contributed by atoms with E-state index in [1.807, 2.05) is 6.07 Å². The van der Waals surface area contributed by atoms with E-state index in [9.17, 15) is 0 Å². The second-order valence-corrected chi connectivity index (χ2v) is 2.26. The summed E-state index contributed by atoms with van der Waals surface area (Å²) in [6, 6.07) is 5.37. The van der Waals surface area contributed by atoms with Crippen molar-refractivity contribution in [2.75, 3.05) is 0 Å². The first kappa shape index (κ1) is 5.60. The van der Waals surface area contributed by atoms with Crippen LogP contribution in [0.15, 0.2) is 24.4 Å². The molecule has 1 heterocycles. The maximum absolute atomic E-state index is 8.80. The molecule has 2 nitrogen and oxygen atoms in total. The third-order valence-electron chi connectivity index (χ3n) is 0.803. The molecule has 0 radical (unpaired) electrons. The summed E-state index contributed by atoms with van der Waals surface area (Å²) in [5, 5.41) is 8.80. The third-order valence-corrected chi connectivity index (χ3v) is 1.48. The molecular weight excluding hydrogens is 169 g/mol. The second-order valence-electron chi connectivity index (χ2n) is 1.38. The minimum absolute atomic E-state index is 0.715. The second kappa shape index (κ2) is 2.16. The van der Waals surface area contributed by atoms with Gasteiger partial charge in [0.2, 0.25) is 0 Å². The molecule has 0 aromatic carbocycles. The molecule has 0 bridgehead atoms. The monoisotopic (exact) mass is 175 g/mol. The summed E-state index contributed by atoms with van der Waals surface area (Å²) in [5.41, 5.74) is 0. The molecule has 0 aliphatic heterocycles. The first-order valence-electron chi connectivity index (χ1n) is 2.17. The Balaban J connectivity index is 3.35. The third kappa shape index (κ3) is 0.997. The van der Waals surface area contributed by atoms with Gasteiger partial charge in [-0.3, -0.25) is 0 Å². The van der Waals surface area contributed by atoms with Gasteiger partial charge in [0.05, 0.1) is 0 Å². The van der Waals surface area contributed by atoms with Gasteiger partial charge in [0.25, 0.3) is 0 Å². The molecule has 1 aromatic heterocycles. The van der Waals surface area contributed by atoms with Gasteiger partial charge in [-0.25, -0.2) is 0 Å². The molecule has 0 atom stereocenters. The summed E-state index contributed by atoms with van der Waals surface area (Å²) >= 11 is 2.68. The molecule has 42 valence electrons. The van der Waals surface area contributed by atoms with Gasteiger partial charge < -0.3 is 0 Å². The Hall–Kier alpha value is -0.531. The molecule has 0 fully saturated rings. The van der Waals surface area contributed by atoms with Crippen LogP contribution in [0.4, 0.5) is 0 Å². The molecule has 1 N–H and O–H groups in total. The van der Waals surface area contributed by atoms with Crippen molar-refractivity contribution in [1.29, 1.82) is 0 Å². The number of aromatic nitrogens is 1. The Bertz CT molecular complexity index is 230. The fraction of sp³-hybridized carbons (Fsp3) is 0. The van der Waals surface area contributed by atoms with Gasteiger partial charge in [-0.1, -0.05) is 0 Å². The zero-order valence-corrected chi connectivity index (χ0v) is 5.83. The average molecular weight is 174 g/mol. The quantitative estimate of drug-likeness (QED) is 0.447. The summed E-state index contributed by atoms with van der Waals surface area (Å²) in [6.45, 7) is 0. The van der Waals surface area contributed by atoms with Crippen molar-refractivity contribution in [2.24, 2.45) is 0 Å². The van der Waals surface area contributed by atoms with Gasteiger partial charge >= 0.3 is 54.1 Å². The van der Waals surface area contributed by atoms with Crippen molar-refractivity contribution in [3.05, 3.63) is 28.6 Å². The molecule has 8 heavy (non-hydrogen) atoms. The van der Waals surface area contributed by atoms with Gasteiger partial charge in [0.15, 0.2) is 0 Å². The van der Waals surface area contributed by atoms with E-state index in [0.717, 1.165) is 4.73 Å². The van der Waals surface area contributed by atoms with E-state index in [1.165, 1.54) is 0 Å². The summed E-state index contributed by atoms with van der Waals surface area (Å²) in [4.78, 5) is 0. The molecular formula is C5H5NOSe. The van der Waals surface area contributed by atoms with Crippen molar-refractivity contribution < 1.29 is 5.21 Å². The van der Waals surface area contributed by atoms with Gasteiger partial charge in [0.1, 0.15) is 0 Å². The Morgan fingerprint density at radius 3 is 2.62 bits per heavy atom. The predicted molar refractivity (Wildman–Crippen MR) is 30.6 cm³/mol. The normalized spacial score (nSPS) is 9.00. The number of rotatable bonds is 0. The molecule has 0 spiro atoms. The molecule has 3 heteroatoms. The van der Waals surface area contributed by atoms with Crippen LogP contribution in [0.5, 0.6) is 0 Å². The Morgan fingerprint density at radius 1 is 1.50 bits per heavy atom. The molecule has 0 aliphatic carbocycles. The summed E-state index contributed by atoms with van der Waals surface area (Å²) in [6.07, 6.45) is 1.56. The zero-order valence-electron chi connectivity index (χ0n) is 4.11. The maximum atomic E-state index is 8.80. The van der Waals surface area contributed by atoms with Crippen molar-refractivity contribution in [3.8, 4) is 0 Å². The molecule has 1 aromatic rings. The van der Waals surface area contributed by atoms with Crippen LogP contribution in [0.1, 0.15) is 0 Å². The zero-order chi connectivity index (χ0) is 5.98. The van der Waals surface area contributed by atoms with Crippen LogP contribution in [0.25, 0.3) is 0 Å². The van der Waals surface area contributed by atoms with Crippen molar-refractivity contribution >= 4 is 15.6 Å². The molecule has 0 saturated carbocycles. The van der Waals surface area contributed by atoms with E-state index >= 15 is 0 Å². The van der Waals surface area contributed by atoms with Gasteiger partial charge in [0, 0.05) is 0 Å². The average Bonchev–Trinajstić information content (AvgIpc) is 1.77. The fourth-order valence-electron chi connectivity index (χ4n) is 0.419. The summed E-state index contributed by atoms with van der Waals surface area (Å²) in [7, 11) is 0. The van der Waals surface area contributed by atoms with Crippen molar-refractivity contribution in [1.82, 2.24) is 4.73 Å². The molecule has 0 aliphatic rings. The van der Waals surface area contributed by atoms with Crippen LogP contribution < -0.4 is 0 Å². The summed E-state index contributed by atoms with van der Waals surface area (Å²) < 4.78 is 1.74. The van der Waals surface area contributed by atoms with Gasteiger partial charge in [-0.2, -0.15) is 0 Å². The number of nitrogens with zero attached hydrogens (tertiary/aromatic N) is 1. The number of hydrogen-bond acceptors (Lipinski definition) is 1. The SMILES string of the molecule is On1ccccc1=[Se]. The van der Waals surface area contributed by atoms with Crippen LogP contribution in [-0.2, 0) is 0 Å². The molecule has 0 unspecified atom stereocenters. The fourth-order valence-corrected chi connectivity index (χ4v) is 0.711.